The Balaban J connectivity index is 2.72. The Kier molecular flexibility index (Phi) is 2.61. The minimum Gasteiger partial charge on any atom is -0.506 e. The number of benzene rings is 1. The minimum absolute atomic E-state index is 0.206. The summed E-state index contributed by atoms with van der Waals surface area (Å²) in [6.07, 6.45) is 0.885. The van der Waals surface area contributed by atoms with Crippen LogP contribution in [-0.4, -0.2) is 17.4 Å². The van der Waals surface area contributed by atoms with Crippen LogP contribution >= 0.6 is 0 Å². The summed E-state index contributed by atoms with van der Waals surface area (Å²) >= 11 is 0. The normalized spacial score (nSPS) is 11.1. The van der Waals surface area contributed by atoms with E-state index in [1.54, 1.807) is 24.3 Å². The minimum atomic E-state index is -0.961. The van der Waals surface area contributed by atoms with Crippen molar-refractivity contribution in [2.75, 3.05) is 0 Å². The summed E-state index contributed by atoms with van der Waals surface area (Å²) in [6, 6.07) is 5.51. The number of nitrogens with zero attached hydrogens (tertiary/aromatic N) is 1. The molecule has 0 saturated carbocycles. The van der Waals surface area contributed by atoms with E-state index in [0.717, 1.165) is 6.21 Å². The molecular weight excluding hydrogens is 224 g/mol. The first kappa shape index (κ1) is 10.9. The fourth-order valence-electron chi connectivity index (χ4n) is 1.39. The standard InChI is InChI=1S/C11H8N2O4/c12-11(16)13-5-7-9(14)6-3-1-2-4-8(6)17-10(7)15/h1-5,14H,(H2,12,16)/b13-5+. The first-order valence-electron chi connectivity index (χ1n) is 4.68. The summed E-state index contributed by atoms with van der Waals surface area (Å²) < 4.78 is 4.95. The molecule has 2 rings (SSSR count). The number of hydrogen-bond donors (Lipinski definition) is 2. The summed E-state index contributed by atoms with van der Waals surface area (Å²) in [4.78, 5) is 25.2. The smallest absolute Gasteiger partial charge is 0.348 e. The van der Waals surface area contributed by atoms with Crippen molar-refractivity contribution in [1.29, 1.82) is 0 Å². The highest BCUT2D eigenvalue weighted by Crippen LogP contribution is 2.24. The van der Waals surface area contributed by atoms with Gasteiger partial charge in [-0.05, 0) is 12.1 Å². The van der Waals surface area contributed by atoms with Crippen LogP contribution in [0.1, 0.15) is 5.56 Å². The third kappa shape index (κ3) is 2.00. The molecule has 0 aliphatic carbocycles. The lowest BCUT2D eigenvalue weighted by atomic mass is 10.1. The number of urea groups is 1. The van der Waals surface area contributed by atoms with E-state index in [1.807, 2.05) is 0 Å². The van der Waals surface area contributed by atoms with Crippen LogP contribution in [0.2, 0.25) is 0 Å². The molecule has 0 spiro atoms. The Bertz CT molecular complexity index is 673. The molecule has 3 N–H and O–H groups in total. The van der Waals surface area contributed by atoms with Crippen molar-refractivity contribution < 1.29 is 14.3 Å². The summed E-state index contributed by atoms with van der Waals surface area (Å²) in [6.45, 7) is 0. The van der Waals surface area contributed by atoms with Crippen molar-refractivity contribution in [3.8, 4) is 5.75 Å². The quantitative estimate of drug-likeness (QED) is 0.564. The van der Waals surface area contributed by atoms with E-state index in [2.05, 4.69) is 4.99 Å². The van der Waals surface area contributed by atoms with Crippen LogP contribution in [0.4, 0.5) is 4.79 Å². The molecule has 0 aliphatic heterocycles. The highest BCUT2D eigenvalue weighted by molar-refractivity contribution is 5.97. The van der Waals surface area contributed by atoms with Gasteiger partial charge in [-0.2, -0.15) is 0 Å². The van der Waals surface area contributed by atoms with E-state index in [4.69, 9.17) is 10.2 Å². The molecule has 17 heavy (non-hydrogen) atoms. The molecule has 1 aromatic heterocycles. The van der Waals surface area contributed by atoms with Gasteiger partial charge in [-0.15, -0.1) is 0 Å². The number of aliphatic imine (C=N–C) groups is 1. The van der Waals surface area contributed by atoms with Gasteiger partial charge in [0.2, 0.25) is 0 Å². The van der Waals surface area contributed by atoms with Gasteiger partial charge < -0.3 is 15.3 Å². The molecule has 0 atom stereocenters. The molecule has 0 saturated heterocycles. The largest absolute Gasteiger partial charge is 0.506 e. The second-order valence-electron chi connectivity index (χ2n) is 3.24. The molecule has 0 radical (unpaired) electrons. The van der Waals surface area contributed by atoms with Crippen LogP contribution in [0.3, 0.4) is 0 Å². The Morgan fingerprint density at radius 3 is 2.82 bits per heavy atom. The van der Waals surface area contributed by atoms with Crippen molar-refractivity contribution in [2.24, 2.45) is 10.7 Å². The third-order valence-electron chi connectivity index (χ3n) is 2.14. The number of fused-ring (bicyclic) bond motifs is 1. The highest BCUT2D eigenvalue weighted by atomic mass is 16.4. The molecule has 6 nitrogen and oxygen atoms in total. The maximum Gasteiger partial charge on any atom is 0.348 e. The molecule has 2 aromatic rings. The van der Waals surface area contributed by atoms with Crippen LogP contribution in [0.15, 0.2) is 38.5 Å². The van der Waals surface area contributed by atoms with Gasteiger partial charge in [0.25, 0.3) is 0 Å². The van der Waals surface area contributed by atoms with Crippen molar-refractivity contribution in [3.63, 3.8) is 0 Å². The first-order valence-corrected chi connectivity index (χ1v) is 4.68. The van der Waals surface area contributed by atoms with Crippen molar-refractivity contribution in [3.05, 3.63) is 40.2 Å². The summed E-state index contributed by atoms with van der Waals surface area (Å²) in [5, 5.41) is 10.2. The third-order valence-corrected chi connectivity index (χ3v) is 2.14. The number of aromatic hydroxyl groups is 1. The number of carbonyl (C=O) groups excluding carboxylic acids is 1. The van der Waals surface area contributed by atoms with Gasteiger partial charge in [0, 0.05) is 0 Å². The number of hydrogen-bond acceptors (Lipinski definition) is 4. The van der Waals surface area contributed by atoms with Crippen LogP contribution in [0.25, 0.3) is 11.0 Å². The highest BCUT2D eigenvalue weighted by Gasteiger charge is 2.11. The molecule has 0 aliphatic rings. The summed E-state index contributed by atoms with van der Waals surface area (Å²) in [5.41, 5.74) is 4.07. The molecule has 0 fully saturated rings. The number of para-hydroxylation sites is 1. The van der Waals surface area contributed by atoms with E-state index in [-0.39, 0.29) is 16.9 Å². The molecule has 2 amide bonds. The first-order chi connectivity index (χ1) is 8.09. The average molecular weight is 232 g/mol. The van der Waals surface area contributed by atoms with E-state index in [1.165, 1.54) is 0 Å². The number of amides is 2. The molecule has 0 bridgehead atoms. The molecular formula is C11H8N2O4. The molecule has 0 unspecified atom stereocenters. The monoisotopic (exact) mass is 232 g/mol. The van der Waals surface area contributed by atoms with Crippen LogP contribution in [-0.2, 0) is 0 Å². The molecule has 6 heteroatoms. The Morgan fingerprint density at radius 1 is 1.41 bits per heavy atom. The summed E-state index contributed by atoms with van der Waals surface area (Å²) in [7, 11) is 0. The van der Waals surface area contributed by atoms with Crippen LogP contribution in [0.5, 0.6) is 5.75 Å². The van der Waals surface area contributed by atoms with Gasteiger partial charge in [-0.3, -0.25) is 0 Å². The topological polar surface area (TPSA) is 106 Å². The Labute approximate surface area is 95.0 Å². The van der Waals surface area contributed by atoms with Crippen molar-refractivity contribution >= 4 is 23.2 Å². The van der Waals surface area contributed by atoms with E-state index in [0.29, 0.717) is 5.39 Å². The fraction of sp³-hybridized carbons (Fsp3) is 0. The van der Waals surface area contributed by atoms with Crippen molar-refractivity contribution in [2.45, 2.75) is 0 Å². The lowest BCUT2D eigenvalue weighted by molar-refractivity contribution is 0.257. The van der Waals surface area contributed by atoms with Gasteiger partial charge in [0.15, 0.2) is 0 Å². The Morgan fingerprint density at radius 2 is 2.12 bits per heavy atom. The number of rotatable bonds is 1. The maximum absolute atomic E-state index is 11.5. The Hall–Kier alpha value is -2.63. The SMILES string of the molecule is NC(=O)/N=C/c1c(O)c2ccccc2oc1=O. The summed E-state index contributed by atoms with van der Waals surface area (Å²) in [5.74, 6) is -0.290. The second kappa shape index (κ2) is 4.09. The lowest BCUT2D eigenvalue weighted by Crippen LogP contribution is -2.10. The van der Waals surface area contributed by atoms with Crippen LogP contribution < -0.4 is 11.4 Å². The molecule has 86 valence electrons. The van der Waals surface area contributed by atoms with Crippen molar-refractivity contribution in [1.82, 2.24) is 0 Å². The van der Waals surface area contributed by atoms with Gasteiger partial charge in [0.05, 0.1) is 11.6 Å². The van der Waals surface area contributed by atoms with Gasteiger partial charge >= 0.3 is 11.7 Å². The van der Waals surface area contributed by atoms with E-state index >= 15 is 0 Å². The van der Waals surface area contributed by atoms with Gasteiger partial charge in [-0.1, -0.05) is 12.1 Å². The predicted octanol–water partition coefficient (Wildman–Crippen LogP) is 0.996. The predicted molar refractivity (Wildman–Crippen MR) is 61.3 cm³/mol. The van der Waals surface area contributed by atoms with Gasteiger partial charge in [0.1, 0.15) is 16.9 Å². The number of primary amides is 1. The fourth-order valence-corrected chi connectivity index (χ4v) is 1.39. The maximum atomic E-state index is 11.5. The molecule has 1 heterocycles. The number of carbonyl (C=O) groups is 1. The zero-order valence-electron chi connectivity index (χ0n) is 8.58. The molecule has 1 aromatic carbocycles. The zero-order valence-corrected chi connectivity index (χ0v) is 8.58. The number of nitrogens with two attached hydrogens (primary N) is 1. The van der Waals surface area contributed by atoms with E-state index in [9.17, 15) is 14.7 Å². The zero-order chi connectivity index (χ0) is 12.4. The lowest BCUT2D eigenvalue weighted by Gasteiger charge is -2.01. The van der Waals surface area contributed by atoms with Gasteiger partial charge in [-0.25, -0.2) is 14.6 Å². The average Bonchev–Trinajstić information content (AvgIpc) is 2.28. The second-order valence-corrected chi connectivity index (χ2v) is 3.24. The van der Waals surface area contributed by atoms with Crippen LogP contribution in [0, 0.1) is 0 Å². The van der Waals surface area contributed by atoms with E-state index < -0.39 is 11.7 Å².